The van der Waals surface area contributed by atoms with Crippen LogP contribution in [0.25, 0.3) is 0 Å². The van der Waals surface area contributed by atoms with E-state index in [1.807, 2.05) is 6.07 Å². The maximum Gasteiger partial charge on any atom is 0.153 e. The highest BCUT2D eigenvalue weighted by molar-refractivity contribution is 7.91. The second-order valence-corrected chi connectivity index (χ2v) is 8.09. The van der Waals surface area contributed by atoms with Gasteiger partial charge in [-0.05, 0) is 30.4 Å². The fourth-order valence-electron chi connectivity index (χ4n) is 2.73. The van der Waals surface area contributed by atoms with Gasteiger partial charge < -0.3 is 0 Å². The molecule has 0 unspecified atom stereocenters. The van der Waals surface area contributed by atoms with Gasteiger partial charge in [0.15, 0.2) is 9.84 Å². The van der Waals surface area contributed by atoms with Gasteiger partial charge in [0.2, 0.25) is 0 Å². The maximum atomic E-state index is 11.8. The molecule has 1 saturated carbocycles. The number of hydrogen-bond donors (Lipinski definition) is 0. The van der Waals surface area contributed by atoms with Crippen molar-refractivity contribution in [2.75, 3.05) is 18.1 Å². The lowest BCUT2D eigenvalue weighted by Gasteiger charge is -2.35. The molecular weight excluding hydrogens is 284 g/mol. The maximum absolute atomic E-state index is 11.8. The predicted molar refractivity (Wildman–Crippen MR) is 74.8 cm³/mol. The molecule has 0 N–H and O–H groups in total. The Bertz CT molecular complexity index is 572. The third-order valence-corrected chi connectivity index (χ3v) is 5.97. The highest BCUT2D eigenvalue weighted by Crippen LogP contribution is 2.38. The summed E-state index contributed by atoms with van der Waals surface area (Å²) < 4.78 is 23.6. The van der Waals surface area contributed by atoms with E-state index in [2.05, 4.69) is 9.88 Å². The van der Waals surface area contributed by atoms with Crippen LogP contribution in [0.1, 0.15) is 18.4 Å². The zero-order chi connectivity index (χ0) is 13.5. The third-order valence-electron chi connectivity index (χ3n) is 3.98. The Morgan fingerprint density at radius 2 is 2.21 bits per heavy atom. The van der Waals surface area contributed by atoms with Crippen molar-refractivity contribution in [3.05, 3.63) is 29.0 Å². The highest BCUT2D eigenvalue weighted by atomic mass is 35.5. The number of nitrogens with zero attached hydrogens (tertiary/aromatic N) is 2. The molecule has 1 aromatic rings. The molecule has 1 atom stereocenters. The number of halogens is 1. The van der Waals surface area contributed by atoms with Crippen molar-refractivity contribution in [1.29, 1.82) is 0 Å². The van der Waals surface area contributed by atoms with Gasteiger partial charge in [-0.15, -0.1) is 0 Å². The summed E-state index contributed by atoms with van der Waals surface area (Å²) in [5, 5.41) is 0.658. The average Bonchev–Trinajstić information content (AvgIpc) is 3.18. The second kappa shape index (κ2) is 5.04. The van der Waals surface area contributed by atoms with Gasteiger partial charge in [0, 0.05) is 31.5 Å². The van der Waals surface area contributed by atoms with E-state index in [4.69, 9.17) is 11.6 Å². The molecule has 19 heavy (non-hydrogen) atoms. The Hall–Kier alpha value is -0.650. The molecule has 2 aliphatic rings. The van der Waals surface area contributed by atoms with Crippen LogP contribution in [0, 0.1) is 5.92 Å². The Balaban J connectivity index is 1.78. The summed E-state index contributed by atoms with van der Waals surface area (Å²) in [4.78, 5) is 6.26. The van der Waals surface area contributed by atoms with Gasteiger partial charge in [0.05, 0.1) is 16.5 Å². The minimum atomic E-state index is -2.86. The summed E-state index contributed by atoms with van der Waals surface area (Å²) >= 11 is 6.14. The van der Waals surface area contributed by atoms with Gasteiger partial charge in [0.25, 0.3) is 0 Å². The van der Waals surface area contributed by atoms with E-state index in [1.165, 1.54) is 0 Å². The van der Waals surface area contributed by atoms with Crippen LogP contribution in [0.5, 0.6) is 0 Å². The molecule has 0 radical (unpaired) electrons. The van der Waals surface area contributed by atoms with Gasteiger partial charge in [-0.1, -0.05) is 11.6 Å². The zero-order valence-corrected chi connectivity index (χ0v) is 12.2. The molecule has 6 heteroatoms. The van der Waals surface area contributed by atoms with Crippen LogP contribution in [0.2, 0.25) is 5.02 Å². The molecule has 0 amide bonds. The standard InChI is InChI=1S/C13H17ClN2O2S/c14-12-7-15-4-3-11(12)8-16-5-6-19(17,18)9-13(16)10-1-2-10/h3-4,7,10,13H,1-2,5-6,8-9H2/t13-/m0/s1. The van der Waals surface area contributed by atoms with Crippen molar-refractivity contribution in [2.24, 2.45) is 5.92 Å². The monoisotopic (exact) mass is 300 g/mol. The normalized spacial score (nSPS) is 27.3. The number of hydrogen-bond acceptors (Lipinski definition) is 4. The van der Waals surface area contributed by atoms with Crippen molar-refractivity contribution in [1.82, 2.24) is 9.88 Å². The quantitative estimate of drug-likeness (QED) is 0.853. The van der Waals surface area contributed by atoms with Crippen LogP contribution >= 0.6 is 11.6 Å². The lowest BCUT2D eigenvalue weighted by Crippen LogP contribution is -2.49. The van der Waals surface area contributed by atoms with Crippen LogP contribution in [-0.4, -0.2) is 42.4 Å². The first-order valence-electron chi connectivity index (χ1n) is 6.58. The third kappa shape index (κ3) is 3.09. The van der Waals surface area contributed by atoms with Crippen molar-refractivity contribution >= 4 is 21.4 Å². The van der Waals surface area contributed by atoms with Crippen LogP contribution in [0.3, 0.4) is 0 Å². The number of rotatable bonds is 3. The van der Waals surface area contributed by atoms with Crippen LogP contribution < -0.4 is 0 Å². The molecule has 4 nitrogen and oxygen atoms in total. The number of sulfone groups is 1. The molecule has 3 rings (SSSR count). The summed E-state index contributed by atoms with van der Waals surface area (Å²) in [5.41, 5.74) is 1.03. The molecule has 0 spiro atoms. The molecular formula is C13H17ClN2O2S. The van der Waals surface area contributed by atoms with Crippen molar-refractivity contribution < 1.29 is 8.42 Å². The van der Waals surface area contributed by atoms with Crippen molar-refractivity contribution in [3.8, 4) is 0 Å². The summed E-state index contributed by atoms with van der Waals surface area (Å²) in [6.07, 6.45) is 5.68. The smallest absolute Gasteiger partial charge is 0.153 e. The van der Waals surface area contributed by atoms with Gasteiger partial charge in [0.1, 0.15) is 0 Å². The van der Waals surface area contributed by atoms with E-state index in [0.717, 1.165) is 24.9 Å². The van der Waals surface area contributed by atoms with E-state index in [0.29, 0.717) is 23.2 Å². The molecule has 0 aromatic carbocycles. The minimum Gasteiger partial charge on any atom is -0.294 e. The molecule has 0 bridgehead atoms. The molecule has 2 fully saturated rings. The first-order chi connectivity index (χ1) is 9.05. The van der Waals surface area contributed by atoms with E-state index in [-0.39, 0.29) is 11.8 Å². The number of pyridine rings is 1. The first-order valence-corrected chi connectivity index (χ1v) is 8.78. The van der Waals surface area contributed by atoms with E-state index < -0.39 is 9.84 Å². The van der Waals surface area contributed by atoms with Crippen LogP contribution in [-0.2, 0) is 16.4 Å². The molecule has 1 aliphatic carbocycles. The van der Waals surface area contributed by atoms with Crippen LogP contribution in [0.15, 0.2) is 18.5 Å². The Labute approximate surface area is 118 Å². The van der Waals surface area contributed by atoms with E-state index in [9.17, 15) is 8.42 Å². The lowest BCUT2D eigenvalue weighted by atomic mass is 10.1. The minimum absolute atomic E-state index is 0.169. The number of aromatic nitrogens is 1. The fourth-order valence-corrected chi connectivity index (χ4v) is 4.60. The summed E-state index contributed by atoms with van der Waals surface area (Å²) in [6, 6.07) is 2.08. The Morgan fingerprint density at radius 1 is 1.42 bits per heavy atom. The van der Waals surface area contributed by atoms with E-state index in [1.54, 1.807) is 12.4 Å². The Kier molecular flexibility index (Phi) is 3.53. The average molecular weight is 301 g/mol. The van der Waals surface area contributed by atoms with Crippen molar-refractivity contribution in [2.45, 2.75) is 25.4 Å². The second-order valence-electron chi connectivity index (χ2n) is 5.46. The highest BCUT2D eigenvalue weighted by Gasteiger charge is 2.41. The van der Waals surface area contributed by atoms with Gasteiger partial charge in [-0.25, -0.2) is 8.42 Å². The predicted octanol–water partition coefficient (Wildman–Crippen LogP) is 1.74. The summed E-state index contributed by atoms with van der Waals surface area (Å²) in [6.45, 7) is 1.33. The van der Waals surface area contributed by atoms with Gasteiger partial charge in [-0.3, -0.25) is 9.88 Å². The topological polar surface area (TPSA) is 50.3 Å². The molecule has 1 saturated heterocycles. The lowest BCUT2D eigenvalue weighted by molar-refractivity contribution is 0.185. The van der Waals surface area contributed by atoms with Gasteiger partial charge in [-0.2, -0.15) is 0 Å². The molecule has 1 aliphatic heterocycles. The zero-order valence-electron chi connectivity index (χ0n) is 10.6. The summed E-state index contributed by atoms with van der Waals surface area (Å²) in [7, 11) is -2.86. The van der Waals surface area contributed by atoms with Crippen LogP contribution in [0.4, 0.5) is 0 Å². The molecule has 2 heterocycles. The first kappa shape index (κ1) is 13.3. The fraction of sp³-hybridized carbons (Fsp3) is 0.615. The molecule has 104 valence electrons. The summed E-state index contributed by atoms with van der Waals surface area (Å²) in [5.74, 6) is 1.12. The largest absolute Gasteiger partial charge is 0.294 e. The Morgan fingerprint density at radius 3 is 2.89 bits per heavy atom. The van der Waals surface area contributed by atoms with Gasteiger partial charge >= 0.3 is 0 Å². The molecule has 1 aromatic heterocycles. The SMILES string of the molecule is O=S1(=O)CCN(Cc2ccncc2Cl)[C@H](C2CC2)C1. The van der Waals surface area contributed by atoms with E-state index >= 15 is 0 Å². The van der Waals surface area contributed by atoms with Crippen molar-refractivity contribution in [3.63, 3.8) is 0 Å².